The summed E-state index contributed by atoms with van der Waals surface area (Å²) in [5, 5.41) is 4.63. The molecule has 0 heterocycles. The zero-order valence-electron chi connectivity index (χ0n) is 10.7. The van der Waals surface area contributed by atoms with Gasteiger partial charge in [0.05, 0.1) is 6.61 Å². The Morgan fingerprint density at radius 2 is 1.90 bits per heavy atom. The van der Waals surface area contributed by atoms with E-state index in [0.29, 0.717) is 0 Å². The van der Waals surface area contributed by atoms with E-state index < -0.39 is 30.6 Å². The minimum absolute atomic E-state index is 0.0391. The zero-order valence-corrected chi connectivity index (χ0v) is 10.7. The third kappa shape index (κ3) is 4.69. The molecule has 0 fully saturated rings. The van der Waals surface area contributed by atoms with E-state index in [4.69, 9.17) is 0 Å². The quantitative estimate of drug-likeness (QED) is 0.597. The van der Waals surface area contributed by atoms with E-state index >= 15 is 0 Å². The molecule has 0 saturated heterocycles. The second kappa shape index (κ2) is 7.68. The summed E-state index contributed by atoms with van der Waals surface area (Å²) in [7, 11) is 1.35. The molecular formula is C12H14F4N2O2. The van der Waals surface area contributed by atoms with E-state index in [1.807, 2.05) is 0 Å². The van der Waals surface area contributed by atoms with Gasteiger partial charge >= 0.3 is 0 Å². The molecule has 0 unspecified atom stereocenters. The Morgan fingerprint density at radius 3 is 2.40 bits per heavy atom. The molecule has 0 radical (unpaired) electrons. The van der Waals surface area contributed by atoms with Crippen LogP contribution in [0, 0.1) is 11.6 Å². The van der Waals surface area contributed by atoms with Crippen LogP contribution < -0.4 is 10.6 Å². The van der Waals surface area contributed by atoms with Crippen LogP contribution in [0.15, 0.2) is 12.1 Å². The van der Waals surface area contributed by atoms with Gasteiger partial charge in [-0.15, -0.1) is 0 Å². The Morgan fingerprint density at radius 1 is 1.30 bits per heavy atom. The van der Waals surface area contributed by atoms with Crippen molar-refractivity contribution in [2.45, 2.75) is 6.43 Å². The predicted octanol–water partition coefficient (Wildman–Crippen LogP) is 2.02. The van der Waals surface area contributed by atoms with Gasteiger partial charge in [-0.05, 0) is 12.1 Å². The van der Waals surface area contributed by atoms with Crippen molar-refractivity contribution in [3.63, 3.8) is 0 Å². The van der Waals surface area contributed by atoms with Crippen molar-refractivity contribution >= 4 is 11.6 Å². The van der Waals surface area contributed by atoms with Crippen molar-refractivity contribution in [1.29, 1.82) is 0 Å². The van der Waals surface area contributed by atoms with E-state index in [9.17, 15) is 22.4 Å². The average molecular weight is 294 g/mol. The normalized spacial score (nSPS) is 10.7. The molecule has 4 nitrogen and oxygen atoms in total. The molecule has 2 N–H and O–H groups in total. The highest BCUT2D eigenvalue weighted by Gasteiger charge is 2.14. The summed E-state index contributed by atoms with van der Waals surface area (Å²) in [5.74, 6) is -2.51. The minimum Gasteiger partial charge on any atom is -0.383 e. The Labute approximate surface area is 113 Å². The predicted molar refractivity (Wildman–Crippen MR) is 65.1 cm³/mol. The smallest absolute Gasteiger partial charge is 0.261 e. The highest BCUT2D eigenvalue weighted by Crippen LogP contribution is 2.20. The maximum atomic E-state index is 13.4. The zero-order chi connectivity index (χ0) is 15.1. The van der Waals surface area contributed by atoms with Gasteiger partial charge in [0, 0.05) is 19.2 Å². The van der Waals surface area contributed by atoms with Gasteiger partial charge in [0.2, 0.25) is 0 Å². The maximum absolute atomic E-state index is 13.4. The molecule has 1 amide bonds. The summed E-state index contributed by atoms with van der Waals surface area (Å²) in [5.41, 5.74) is -0.533. The lowest BCUT2D eigenvalue weighted by molar-refractivity contribution is 0.0188. The molecule has 0 aliphatic heterocycles. The molecular weight excluding hydrogens is 280 g/mol. The summed E-state index contributed by atoms with van der Waals surface area (Å²) in [6.07, 6.45) is -2.58. The molecule has 1 aromatic rings. The van der Waals surface area contributed by atoms with E-state index in [-0.39, 0.29) is 24.4 Å². The summed E-state index contributed by atoms with van der Waals surface area (Å²) < 4.78 is 54.9. The Balaban J connectivity index is 2.52. The van der Waals surface area contributed by atoms with Gasteiger partial charge in [0.15, 0.2) is 0 Å². The number of ether oxygens (including phenoxy) is 1. The van der Waals surface area contributed by atoms with Crippen LogP contribution in [0.25, 0.3) is 0 Å². The first kappa shape index (κ1) is 16.2. The van der Waals surface area contributed by atoms with E-state index in [2.05, 4.69) is 15.4 Å². The maximum Gasteiger partial charge on any atom is 0.261 e. The average Bonchev–Trinajstić information content (AvgIpc) is 2.37. The van der Waals surface area contributed by atoms with Gasteiger partial charge in [0.25, 0.3) is 12.3 Å². The number of amides is 1. The third-order valence-electron chi connectivity index (χ3n) is 2.33. The van der Waals surface area contributed by atoms with Crippen molar-refractivity contribution in [2.75, 3.05) is 32.1 Å². The molecule has 0 aliphatic carbocycles. The van der Waals surface area contributed by atoms with Crippen molar-refractivity contribution in [3.8, 4) is 0 Å². The molecule has 112 valence electrons. The van der Waals surface area contributed by atoms with Gasteiger partial charge in [0.1, 0.15) is 23.9 Å². The van der Waals surface area contributed by atoms with Crippen LogP contribution in [0.2, 0.25) is 0 Å². The lowest BCUT2D eigenvalue weighted by Gasteiger charge is -2.09. The Hall–Kier alpha value is -1.83. The number of rotatable bonds is 7. The Bertz CT molecular complexity index is 446. The topological polar surface area (TPSA) is 50.4 Å². The second-order valence-corrected chi connectivity index (χ2v) is 3.79. The molecule has 0 spiro atoms. The van der Waals surface area contributed by atoms with Gasteiger partial charge < -0.3 is 15.4 Å². The lowest BCUT2D eigenvalue weighted by Crippen LogP contribution is -2.28. The first-order chi connectivity index (χ1) is 9.45. The number of hydrogen-bond donors (Lipinski definition) is 2. The standard InChI is InChI=1S/C12H14F4N2O2/c1-17-11-8(13)4-7(5-9(11)14)12(19)18-2-3-20-6-10(15)16/h4-5,10,17H,2-3,6H2,1H3,(H,18,19). The van der Waals surface area contributed by atoms with Crippen LogP contribution in [-0.2, 0) is 4.74 Å². The highest BCUT2D eigenvalue weighted by molar-refractivity contribution is 5.94. The second-order valence-electron chi connectivity index (χ2n) is 3.79. The number of nitrogens with one attached hydrogen (secondary N) is 2. The molecule has 1 rings (SSSR count). The number of alkyl halides is 2. The van der Waals surface area contributed by atoms with Crippen molar-refractivity contribution < 1.29 is 27.1 Å². The third-order valence-corrected chi connectivity index (χ3v) is 2.33. The fraction of sp³-hybridized carbons (Fsp3) is 0.417. The van der Waals surface area contributed by atoms with Crippen molar-refractivity contribution in [1.82, 2.24) is 5.32 Å². The first-order valence-corrected chi connectivity index (χ1v) is 5.76. The SMILES string of the molecule is CNc1c(F)cc(C(=O)NCCOCC(F)F)cc1F. The molecule has 0 aromatic heterocycles. The summed E-state index contributed by atoms with van der Waals surface area (Å²) in [6.45, 7) is -0.881. The summed E-state index contributed by atoms with van der Waals surface area (Å²) >= 11 is 0. The largest absolute Gasteiger partial charge is 0.383 e. The number of hydrogen-bond acceptors (Lipinski definition) is 3. The van der Waals surface area contributed by atoms with Crippen LogP contribution in [0.4, 0.5) is 23.2 Å². The number of benzene rings is 1. The number of carbonyl (C=O) groups excluding carboxylic acids is 1. The van der Waals surface area contributed by atoms with Crippen molar-refractivity contribution in [3.05, 3.63) is 29.3 Å². The minimum atomic E-state index is -2.58. The van der Waals surface area contributed by atoms with Gasteiger partial charge in [-0.3, -0.25) is 4.79 Å². The van der Waals surface area contributed by atoms with Crippen LogP contribution in [0.5, 0.6) is 0 Å². The first-order valence-electron chi connectivity index (χ1n) is 5.76. The molecule has 0 saturated carbocycles. The van der Waals surface area contributed by atoms with Gasteiger partial charge in [-0.25, -0.2) is 17.6 Å². The molecule has 0 aliphatic rings. The van der Waals surface area contributed by atoms with Crippen LogP contribution in [-0.4, -0.2) is 39.1 Å². The molecule has 0 atom stereocenters. The van der Waals surface area contributed by atoms with Crippen molar-refractivity contribution in [2.24, 2.45) is 0 Å². The van der Waals surface area contributed by atoms with Crippen LogP contribution in [0.1, 0.15) is 10.4 Å². The molecule has 20 heavy (non-hydrogen) atoms. The highest BCUT2D eigenvalue weighted by atomic mass is 19.3. The number of carbonyl (C=O) groups is 1. The molecule has 0 bridgehead atoms. The summed E-state index contributed by atoms with van der Waals surface area (Å²) in [4.78, 5) is 11.6. The summed E-state index contributed by atoms with van der Waals surface area (Å²) in [6, 6.07) is 1.76. The van der Waals surface area contributed by atoms with Gasteiger partial charge in [-0.2, -0.15) is 0 Å². The van der Waals surface area contributed by atoms with Gasteiger partial charge in [-0.1, -0.05) is 0 Å². The van der Waals surface area contributed by atoms with E-state index in [0.717, 1.165) is 12.1 Å². The van der Waals surface area contributed by atoms with Crippen LogP contribution in [0.3, 0.4) is 0 Å². The molecule has 1 aromatic carbocycles. The number of anilines is 1. The van der Waals surface area contributed by atoms with E-state index in [1.54, 1.807) is 0 Å². The fourth-order valence-corrected chi connectivity index (χ4v) is 1.45. The number of halogens is 4. The molecule has 8 heteroatoms. The van der Waals surface area contributed by atoms with Crippen LogP contribution >= 0.6 is 0 Å². The van der Waals surface area contributed by atoms with E-state index in [1.165, 1.54) is 7.05 Å². The lowest BCUT2D eigenvalue weighted by atomic mass is 10.1. The monoisotopic (exact) mass is 294 g/mol. The Kier molecular flexibility index (Phi) is 6.23. The fourth-order valence-electron chi connectivity index (χ4n) is 1.45.